The Bertz CT molecular complexity index is 1020. The van der Waals surface area contributed by atoms with Gasteiger partial charge in [-0.25, -0.2) is 4.98 Å². The van der Waals surface area contributed by atoms with Crippen molar-refractivity contribution in [3.8, 4) is 0 Å². The van der Waals surface area contributed by atoms with Gasteiger partial charge in [-0.3, -0.25) is 9.78 Å². The summed E-state index contributed by atoms with van der Waals surface area (Å²) in [6, 6.07) is 7.42. The number of anilines is 2. The van der Waals surface area contributed by atoms with Crippen molar-refractivity contribution in [2.45, 2.75) is 6.54 Å². The quantitative estimate of drug-likeness (QED) is 0.667. The first kappa shape index (κ1) is 18.9. The van der Waals surface area contributed by atoms with Crippen molar-refractivity contribution in [3.05, 3.63) is 42.0 Å². The Morgan fingerprint density at radius 3 is 2.62 bits per heavy atom. The van der Waals surface area contributed by atoms with Crippen LogP contribution < -0.4 is 15.1 Å². The second kappa shape index (κ2) is 8.31. The molecule has 1 amide bonds. The molecular formula is C19H22N8O2. The van der Waals surface area contributed by atoms with Gasteiger partial charge >= 0.3 is 0 Å². The number of para-hydroxylation sites is 2. The summed E-state index contributed by atoms with van der Waals surface area (Å²) in [4.78, 5) is 38.5. The van der Waals surface area contributed by atoms with Gasteiger partial charge in [-0.1, -0.05) is 12.1 Å². The molecule has 1 aliphatic rings. The van der Waals surface area contributed by atoms with Gasteiger partial charge in [0.2, 0.25) is 11.9 Å². The Hall–Kier alpha value is -3.40. The number of carbonyl (C=O) groups is 1. The minimum Gasteiger partial charge on any atom is -0.378 e. The van der Waals surface area contributed by atoms with Crippen LogP contribution in [0.15, 0.2) is 30.5 Å². The maximum absolute atomic E-state index is 12.5. The van der Waals surface area contributed by atoms with E-state index < -0.39 is 0 Å². The largest absolute Gasteiger partial charge is 0.378 e. The lowest BCUT2D eigenvalue weighted by atomic mass is 10.3. The number of amides is 1. The molecule has 0 radical (unpaired) electrons. The number of rotatable bonds is 5. The predicted molar refractivity (Wildman–Crippen MR) is 108 cm³/mol. The highest BCUT2D eigenvalue weighted by molar-refractivity contribution is 5.93. The summed E-state index contributed by atoms with van der Waals surface area (Å²) < 4.78 is 5.39. The highest BCUT2D eigenvalue weighted by Gasteiger charge is 2.18. The topological polar surface area (TPSA) is 109 Å². The molecule has 1 saturated heterocycles. The molecule has 0 atom stereocenters. The molecule has 0 spiro atoms. The second-order valence-corrected chi connectivity index (χ2v) is 6.77. The highest BCUT2D eigenvalue weighted by atomic mass is 16.5. The first-order chi connectivity index (χ1) is 14.1. The fourth-order valence-corrected chi connectivity index (χ4v) is 2.90. The van der Waals surface area contributed by atoms with Gasteiger partial charge in [0.1, 0.15) is 5.69 Å². The molecule has 0 saturated carbocycles. The molecule has 1 aromatic carbocycles. The maximum Gasteiger partial charge on any atom is 0.271 e. The van der Waals surface area contributed by atoms with Gasteiger partial charge in [0.25, 0.3) is 5.91 Å². The maximum atomic E-state index is 12.5. The zero-order valence-electron chi connectivity index (χ0n) is 16.4. The van der Waals surface area contributed by atoms with Crippen LogP contribution in [0.3, 0.4) is 0 Å². The molecule has 10 heteroatoms. The minimum absolute atomic E-state index is 0.161. The summed E-state index contributed by atoms with van der Waals surface area (Å²) in [6.45, 7) is 2.87. The molecule has 1 aliphatic heterocycles. The van der Waals surface area contributed by atoms with E-state index in [-0.39, 0.29) is 18.1 Å². The fraction of sp³-hybridized carbons (Fsp3) is 0.368. The highest BCUT2D eigenvalue weighted by Crippen LogP contribution is 2.14. The van der Waals surface area contributed by atoms with Crippen molar-refractivity contribution in [2.24, 2.45) is 0 Å². The molecule has 0 bridgehead atoms. The molecular weight excluding hydrogens is 372 g/mol. The van der Waals surface area contributed by atoms with E-state index in [0.717, 1.165) is 18.6 Å². The van der Waals surface area contributed by atoms with Gasteiger partial charge < -0.3 is 19.9 Å². The lowest BCUT2D eigenvalue weighted by Crippen LogP contribution is -2.38. The van der Waals surface area contributed by atoms with Gasteiger partial charge in [0, 0.05) is 27.2 Å². The Morgan fingerprint density at radius 1 is 1.10 bits per heavy atom. The van der Waals surface area contributed by atoms with Crippen molar-refractivity contribution in [2.75, 3.05) is 50.2 Å². The van der Waals surface area contributed by atoms with Crippen LogP contribution in [0.4, 0.5) is 11.9 Å². The number of nitrogens with one attached hydrogen (secondary N) is 1. The van der Waals surface area contributed by atoms with Crippen LogP contribution in [-0.2, 0) is 11.3 Å². The van der Waals surface area contributed by atoms with Gasteiger partial charge in [-0.15, -0.1) is 0 Å². The van der Waals surface area contributed by atoms with Gasteiger partial charge in [-0.05, 0) is 12.1 Å². The average Bonchev–Trinajstić information content (AvgIpc) is 2.77. The van der Waals surface area contributed by atoms with E-state index in [4.69, 9.17) is 4.74 Å². The van der Waals surface area contributed by atoms with Crippen LogP contribution >= 0.6 is 0 Å². The van der Waals surface area contributed by atoms with E-state index in [1.807, 2.05) is 43.3 Å². The van der Waals surface area contributed by atoms with E-state index >= 15 is 0 Å². The molecule has 150 valence electrons. The first-order valence-corrected chi connectivity index (χ1v) is 9.35. The van der Waals surface area contributed by atoms with Crippen LogP contribution in [0.5, 0.6) is 0 Å². The Labute approximate surface area is 168 Å². The summed E-state index contributed by atoms with van der Waals surface area (Å²) in [6.07, 6.45) is 1.47. The van der Waals surface area contributed by atoms with Crippen molar-refractivity contribution < 1.29 is 9.53 Å². The van der Waals surface area contributed by atoms with Crippen LogP contribution in [0.2, 0.25) is 0 Å². The number of aromatic nitrogens is 5. The third-order valence-corrected chi connectivity index (χ3v) is 4.44. The number of hydrogen-bond donors (Lipinski definition) is 1. The lowest BCUT2D eigenvalue weighted by Gasteiger charge is -2.27. The third kappa shape index (κ3) is 4.37. The molecule has 10 nitrogen and oxygen atoms in total. The minimum atomic E-state index is -0.331. The molecule has 3 aromatic rings. The summed E-state index contributed by atoms with van der Waals surface area (Å²) in [5, 5.41) is 2.82. The molecule has 0 unspecified atom stereocenters. The number of hydrogen-bond acceptors (Lipinski definition) is 9. The molecule has 2 aromatic heterocycles. The smallest absolute Gasteiger partial charge is 0.271 e. The lowest BCUT2D eigenvalue weighted by molar-refractivity contribution is 0.0945. The fourth-order valence-electron chi connectivity index (χ4n) is 2.90. The summed E-state index contributed by atoms with van der Waals surface area (Å²) >= 11 is 0. The van der Waals surface area contributed by atoms with E-state index in [1.165, 1.54) is 6.20 Å². The van der Waals surface area contributed by atoms with Crippen LogP contribution in [0, 0.1) is 0 Å². The SMILES string of the molecule is CN(C)c1nc(CNC(=O)c2cnc3ccccc3n2)nc(N2CCOCC2)n1. The molecule has 29 heavy (non-hydrogen) atoms. The van der Waals surface area contributed by atoms with Gasteiger partial charge in [-0.2, -0.15) is 15.0 Å². The summed E-state index contributed by atoms with van der Waals surface area (Å²) in [5.74, 6) is 1.27. The van der Waals surface area contributed by atoms with Crippen LogP contribution in [0.25, 0.3) is 11.0 Å². The third-order valence-electron chi connectivity index (χ3n) is 4.44. The number of benzene rings is 1. The zero-order chi connectivity index (χ0) is 20.2. The normalized spacial score (nSPS) is 14.1. The Balaban J connectivity index is 1.51. The van der Waals surface area contributed by atoms with Gasteiger partial charge in [0.05, 0.1) is 37.0 Å². The standard InChI is InChI=1S/C19H22N8O2/c1-26(2)18-23-16(24-19(25-18)27-7-9-29-10-8-27)12-21-17(28)15-11-20-13-5-3-4-6-14(13)22-15/h3-6,11H,7-10,12H2,1-2H3,(H,21,28). The number of ether oxygens (including phenoxy) is 1. The predicted octanol–water partition coefficient (Wildman–Crippen LogP) is 0.647. The molecule has 3 heterocycles. The van der Waals surface area contributed by atoms with Crippen molar-refractivity contribution in [3.63, 3.8) is 0 Å². The number of fused-ring (bicyclic) bond motifs is 1. The van der Waals surface area contributed by atoms with E-state index in [0.29, 0.717) is 36.5 Å². The average molecular weight is 394 g/mol. The zero-order valence-corrected chi connectivity index (χ0v) is 16.4. The number of morpholine rings is 1. The number of nitrogens with zero attached hydrogens (tertiary/aromatic N) is 7. The monoisotopic (exact) mass is 394 g/mol. The Morgan fingerprint density at radius 2 is 1.86 bits per heavy atom. The van der Waals surface area contributed by atoms with Crippen molar-refractivity contribution in [1.29, 1.82) is 0 Å². The van der Waals surface area contributed by atoms with E-state index in [9.17, 15) is 4.79 Å². The molecule has 4 rings (SSSR count). The van der Waals surface area contributed by atoms with E-state index in [1.54, 1.807) is 0 Å². The van der Waals surface area contributed by atoms with Crippen molar-refractivity contribution in [1.82, 2.24) is 30.2 Å². The first-order valence-electron chi connectivity index (χ1n) is 9.35. The summed E-state index contributed by atoms with van der Waals surface area (Å²) in [7, 11) is 3.73. The van der Waals surface area contributed by atoms with E-state index in [2.05, 4.69) is 35.1 Å². The van der Waals surface area contributed by atoms with Crippen LogP contribution in [0.1, 0.15) is 16.3 Å². The van der Waals surface area contributed by atoms with Crippen molar-refractivity contribution >= 4 is 28.8 Å². The molecule has 1 fully saturated rings. The van der Waals surface area contributed by atoms with Crippen LogP contribution in [-0.4, -0.2) is 71.2 Å². The van der Waals surface area contributed by atoms with Gasteiger partial charge in [0.15, 0.2) is 5.82 Å². The molecule has 1 N–H and O–H groups in total. The second-order valence-electron chi connectivity index (χ2n) is 6.77. The molecule has 0 aliphatic carbocycles. The number of carbonyl (C=O) groups excluding carboxylic acids is 1. The Kier molecular flexibility index (Phi) is 5.43. The summed E-state index contributed by atoms with van der Waals surface area (Å²) in [5.41, 5.74) is 1.66.